The minimum atomic E-state index is -4.48. The lowest BCUT2D eigenvalue weighted by Gasteiger charge is -2.12. The number of anilines is 1. The zero-order chi connectivity index (χ0) is 18.3. The number of amides is 1. The number of nitrogens with one attached hydrogen (secondary N) is 1. The molecule has 2 rings (SSSR count). The molecule has 25 heavy (non-hydrogen) atoms. The van der Waals surface area contributed by atoms with E-state index in [2.05, 4.69) is 10.1 Å². The van der Waals surface area contributed by atoms with Gasteiger partial charge in [-0.15, -0.1) is 11.3 Å². The Morgan fingerprint density at radius 1 is 1.32 bits per heavy atom. The molecule has 1 amide bonds. The van der Waals surface area contributed by atoms with Crippen LogP contribution in [0.15, 0.2) is 35.7 Å². The highest BCUT2D eigenvalue weighted by Gasteiger charge is 2.28. The summed E-state index contributed by atoms with van der Waals surface area (Å²) >= 11 is 1.63. The highest BCUT2D eigenvalue weighted by Crippen LogP contribution is 2.25. The normalized spacial score (nSPS) is 11.0. The average molecular weight is 368 g/mol. The maximum absolute atomic E-state index is 12.2. The summed E-state index contributed by atoms with van der Waals surface area (Å²) in [7, 11) is 0. The molecule has 1 heterocycles. The molecule has 0 unspecified atom stereocenters. The van der Waals surface area contributed by atoms with E-state index in [1.165, 1.54) is 23.1 Å². The highest BCUT2D eigenvalue weighted by atomic mass is 32.1. The Balaban J connectivity index is 1.89. The summed E-state index contributed by atoms with van der Waals surface area (Å²) in [6.07, 6.45) is -2.68. The first-order valence-corrected chi connectivity index (χ1v) is 8.31. The number of carbonyl (C=O) groups excluding carboxylic acids is 1. The summed E-state index contributed by atoms with van der Waals surface area (Å²) in [4.78, 5) is 13.1. The Morgan fingerprint density at radius 2 is 2.12 bits per heavy atom. The summed E-state index contributed by atoms with van der Waals surface area (Å²) < 4.78 is 41.2. The van der Waals surface area contributed by atoms with Crippen LogP contribution in [0.1, 0.15) is 23.3 Å². The molecular weight excluding hydrogens is 353 g/mol. The molecular formula is C17H15F3N2O2S. The van der Waals surface area contributed by atoms with Gasteiger partial charge in [-0.2, -0.15) is 18.4 Å². The number of benzene rings is 1. The second kappa shape index (κ2) is 8.53. The van der Waals surface area contributed by atoms with Crippen molar-refractivity contribution in [2.45, 2.75) is 25.4 Å². The number of nitriles is 1. The van der Waals surface area contributed by atoms with Gasteiger partial charge >= 0.3 is 6.18 Å². The minimum absolute atomic E-state index is 0.0689. The Labute approximate surface area is 146 Å². The third-order valence-electron chi connectivity index (χ3n) is 3.18. The van der Waals surface area contributed by atoms with E-state index < -0.39 is 12.8 Å². The highest BCUT2D eigenvalue weighted by molar-refractivity contribution is 7.09. The van der Waals surface area contributed by atoms with Crippen molar-refractivity contribution in [1.29, 1.82) is 5.26 Å². The lowest BCUT2D eigenvalue weighted by Crippen LogP contribution is -2.19. The largest absolute Gasteiger partial charge is 0.483 e. The fourth-order valence-corrected chi connectivity index (χ4v) is 2.83. The second-order valence-corrected chi connectivity index (χ2v) is 6.24. The molecule has 0 saturated heterocycles. The molecule has 0 fully saturated rings. The van der Waals surface area contributed by atoms with Gasteiger partial charge in [-0.3, -0.25) is 4.79 Å². The van der Waals surface area contributed by atoms with Gasteiger partial charge in [0.15, 0.2) is 6.61 Å². The molecule has 132 valence electrons. The van der Waals surface area contributed by atoms with E-state index in [9.17, 15) is 18.0 Å². The smallest absolute Gasteiger partial charge is 0.422 e. The molecule has 0 aliphatic heterocycles. The van der Waals surface area contributed by atoms with E-state index in [1.807, 2.05) is 17.5 Å². The minimum Gasteiger partial charge on any atom is -0.483 e. The summed E-state index contributed by atoms with van der Waals surface area (Å²) in [5, 5.41) is 13.6. The van der Waals surface area contributed by atoms with Crippen molar-refractivity contribution >= 4 is 22.9 Å². The van der Waals surface area contributed by atoms with E-state index in [1.54, 1.807) is 17.4 Å². The van der Waals surface area contributed by atoms with Gasteiger partial charge in [-0.25, -0.2) is 0 Å². The third kappa shape index (κ3) is 6.47. The maximum Gasteiger partial charge on any atom is 0.422 e. The van der Waals surface area contributed by atoms with Gasteiger partial charge in [-0.1, -0.05) is 6.07 Å². The van der Waals surface area contributed by atoms with Crippen molar-refractivity contribution in [2.24, 2.45) is 0 Å². The predicted molar refractivity (Wildman–Crippen MR) is 88.6 cm³/mol. The fourth-order valence-electron chi connectivity index (χ4n) is 2.08. The van der Waals surface area contributed by atoms with E-state index in [0.29, 0.717) is 18.5 Å². The zero-order valence-corrected chi connectivity index (χ0v) is 13.9. The van der Waals surface area contributed by atoms with Crippen molar-refractivity contribution in [3.63, 3.8) is 0 Å². The number of halogens is 3. The molecule has 0 radical (unpaired) electrons. The molecule has 0 aliphatic carbocycles. The Bertz CT molecular complexity index is 752. The summed E-state index contributed by atoms with van der Waals surface area (Å²) in [5.74, 6) is -0.389. The van der Waals surface area contributed by atoms with Crippen LogP contribution in [0, 0.1) is 11.3 Å². The number of thiophene rings is 1. The molecule has 0 spiro atoms. The average Bonchev–Trinajstić information content (AvgIpc) is 3.06. The van der Waals surface area contributed by atoms with Gasteiger partial charge in [0, 0.05) is 17.0 Å². The summed E-state index contributed by atoms with van der Waals surface area (Å²) in [6.45, 7) is -1.48. The van der Waals surface area contributed by atoms with Crippen LogP contribution in [0.3, 0.4) is 0 Å². The Kier molecular flexibility index (Phi) is 6.42. The van der Waals surface area contributed by atoms with Crippen LogP contribution < -0.4 is 10.1 Å². The number of alkyl halides is 3. The van der Waals surface area contributed by atoms with E-state index in [0.717, 1.165) is 6.42 Å². The number of ether oxygens (including phenoxy) is 1. The van der Waals surface area contributed by atoms with Crippen LogP contribution in [0.4, 0.5) is 18.9 Å². The first-order chi connectivity index (χ1) is 11.9. The van der Waals surface area contributed by atoms with Crippen LogP contribution >= 0.6 is 11.3 Å². The molecule has 0 saturated carbocycles. The number of hydrogen-bond donors (Lipinski definition) is 1. The van der Waals surface area contributed by atoms with Gasteiger partial charge in [0.05, 0.1) is 5.56 Å². The van der Waals surface area contributed by atoms with Crippen molar-refractivity contribution in [3.05, 3.63) is 46.2 Å². The number of hydrogen-bond acceptors (Lipinski definition) is 4. The molecule has 1 aromatic carbocycles. The van der Waals surface area contributed by atoms with Gasteiger partial charge in [0.1, 0.15) is 11.8 Å². The SMILES string of the molecule is N#Cc1cc(NC(=O)CCCc2cccs2)ccc1OCC(F)(F)F. The number of nitrogens with zero attached hydrogens (tertiary/aromatic N) is 1. The molecule has 2 aromatic rings. The fraction of sp³-hybridized carbons (Fsp3) is 0.294. The van der Waals surface area contributed by atoms with Crippen LogP contribution in [-0.2, 0) is 11.2 Å². The number of carbonyl (C=O) groups is 1. The van der Waals surface area contributed by atoms with E-state index >= 15 is 0 Å². The van der Waals surface area contributed by atoms with Gasteiger partial charge < -0.3 is 10.1 Å². The lowest BCUT2D eigenvalue weighted by atomic mass is 10.1. The van der Waals surface area contributed by atoms with Gasteiger partial charge in [0.25, 0.3) is 0 Å². The van der Waals surface area contributed by atoms with Gasteiger partial charge in [0.2, 0.25) is 5.91 Å². The van der Waals surface area contributed by atoms with Crippen LogP contribution in [-0.4, -0.2) is 18.7 Å². The zero-order valence-electron chi connectivity index (χ0n) is 13.1. The molecule has 0 aliphatic rings. The monoisotopic (exact) mass is 368 g/mol. The van der Waals surface area contributed by atoms with Gasteiger partial charge in [-0.05, 0) is 42.5 Å². The summed E-state index contributed by atoms with van der Waals surface area (Å²) in [5.41, 5.74) is 0.276. The Morgan fingerprint density at radius 3 is 2.76 bits per heavy atom. The lowest BCUT2D eigenvalue weighted by molar-refractivity contribution is -0.153. The topological polar surface area (TPSA) is 62.1 Å². The molecule has 8 heteroatoms. The second-order valence-electron chi connectivity index (χ2n) is 5.21. The van der Waals surface area contributed by atoms with Crippen molar-refractivity contribution in [3.8, 4) is 11.8 Å². The molecule has 0 bridgehead atoms. The maximum atomic E-state index is 12.2. The molecule has 0 atom stereocenters. The molecule has 1 aromatic heterocycles. The number of aryl methyl sites for hydroxylation is 1. The molecule has 1 N–H and O–H groups in total. The van der Waals surface area contributed by atoms with Crippen molar-refractivity contribution in [2.75, 3.05) is 11.9 Å². The van der Waals surface area contributed by atoms with Crippen LogP contribution in [0.2, 0.25) is 0 Å². The summed E-state index contributed by atoms with van der Waals surface area (Å²) in [6, 6.07) is 9.66. The number of rotatable bonds is 7. The van der Waals surface area contributed by atoms with Crippen molar-refractivity contribution < 1.29 is 22.7 Å². The quantitative estimate of drug-likeness (QED) is 0.781. The van der Waals surface area contributed by atoms with Crippen LogP contribution in [0.25, 0.3) is 0 Å². The standard InChI is InChI=1S/C17H15F3N2O2S/c18-17(19,20)11-24-15-7-6-13(9-12(15)10-21)22-16(23)5-1-3-14-4-2-8-25-14/h2,4,6-9H,1,3,5,11H2,(H,22,23). The first kappa shape index (κ1) is 18.8. The van der Waals surface area contributed by atoms with E-state index in [-0.39, 0.29) is 17.2 Å². The molecule has 4 nitrogen and oxygen atoms in total. The Hall–Kier alpha value is -2.53. The van der Waals surface area contributed by atoms with Crippen molar-refractivity contribution in [1.82, 2.24) is 0 Å². The first-order valence-electron chi connectivity index (χ1n) is 7.43. The predicted octanol–water partition coefficient (Wildman–Crippen LogP) is 4.52. The third-order valence-corrected chi connectivity index (χ3v) is 4.12. The van der Waals surface area contributed by atoms with Crippen LogP contribution in [0.5, 0.6) is 5.75 Å². The van der Waals surface area contributed by atoms with E-state index in [4.69, 9.17) is 5.26 Å².